The van der Waals surface area contributed by atoms with Crippen LogP contribution in [0.5, 0.6) is 0 Å². The van der Waals surface area contributed by atoms with E-state index in [2.05, 4.69) is 30.6 Å². The number of halogens is 2. The van der Waals surface area contributed by atoms with Gasteiger partial charge in [0.15, 0.2) is 20.3 Å². The number of thiazole rings is 2. The second-order valence-electron chi connectivity index (χ2n) is 3.34. The molecule has 0 aliphatic heterocycles. The smallest absolute Gasteiger partial charge is 0.278 e. The number of fused-ring (bicyclic) bond motifs is 1. The topological polar surface area (TPSA) is 76.4 Å². The molecule has 0 atom stereocenters. The Morgan fingerprint density at radius 2 is 2.26 bits per heavy atom. The van der Waals surface area contributed by atoms with Crippen LogP contribution in [0.15, 0.2) is 26.6 Å². The number of rotatable bonds is 3. The zero-order valence-corrected chi connectivity index (χ0v) is 13.7. The van der Waals surface area contributed by atoms with Gasteiger partial charge >= 0.3 is 0 Å². The number of hydrogen-bond donors (Lipinski definition) is 1. The van der Waals surface area contributed by atoms with E-state index in [1.54, 1.807) is 11.6 Å². The van der Waals surface area contributed by atoms with Crippen LogP contribution in [-0.2, 0) is 10.0 Å². The molecule has 0 bridgehead atoms. The lowest BCUT2D eigenvalue weighted by molar-refractivity contribution is 0.596. The second kappa shape index (κ2) is 4.70. The molecule has 3 aromatic heterocycles. The van der Waals surface area contributed by atoms with Gasteiger partial charge in [0, 0.05) is 11.6 Å². The van der Waals surface area contributed by atoms with Gasteiger partial charge in [0.05, 0.1) is 9.98 Å². The number of aromatic nitrogens is 3. The Bertz CT molecular complexity index is 852. The molecule has 3 heterocycles. The predicted octanol–water partition coefficient (Wildman–Crippen LogP) is 3.07. The average Bonchev–Trinajstić information content (AvgIpc) is 2.93. The van der Waals surface area contributed by atoms with Gasteiger partial charge < -0.3 is 0 Å². The summed E-state index contributed by atoms with van der Waals surface area (Å²) in [6.45, 7) is 0. The number of anilines is 1. The van der Waals surface area contributed by atoms with E-state index < -0.39 is 10.0 Å². The maximum absolute atomic E-state index is 12.3. The first kappa shape index (κ1) is 13.3. The van der Waals surface area contributed by atoms with E-state index in [1.807, 2.05) is 0 Å². The van der Waals surface area contributed by atoms with Crippen molar-refractivity contribution in [3.05, 3.63) is 26.7 Å². The molecule has 0 aromatic carbocycles. The summed E-state index contributed by atoms with van der Waals surface area (Å²) in [4.78, 5) is 8.43. The molecule has 0 saturated heterocycles. The SMILES string of the molecule is O=S(=O)(Nc1ncc(Br)s1)c1c(Cl)nc2sccn12. The third-order valence-corrected chi connectivity index (χ3v) is 6.15. The standard InChI is InChI=1S/C8H4BrClN4O2S3/c9-4-3-11-7(18-4)13-19(15,16)6-5(10)12-8-14(6)1-2-17-8/h1-3H,(H,11,13). The van der Waals surface area contributed by atoms with E-state index in [-0.39, 0.29) is 15.3 Å². The number of nitrogens with one attached hydrogen (secondary N) is 1. The van der Waals surface area contributed by atoms with Gasteiger partial charge in [-0.1, -0.05) is 22.9 Å². The molecule has 0 aliphatic carbocycles. The molecular weight excluding hydrogens is 396 g/mol. The van der Waals surface area contributed by atoms with E-state index in [0.717, 1.165) is 3.79 Å². The summed E-state index contributed by atoms with van der Waals surface area (Å²) in [5.74, 6) is 0. The minimum absolute atomic E-state index is 0.0602. The van der Waals surface area contributed by atoms with E-state index >= 15 is 0 Å². The van der Waals surface area contributed by atoms with Crippen LogP contribution >= 0.6 is 50.2 Å². The highest BCUT2D eigenvalue weighted by Crippen LogP contribution is 2.29. The third-order valence-electron chi connectivity index (χ3n) is 2.13. The molecule has 0 amide bonds. The molecule has 0 radical (unpaired) electrons. The average molecular weight is 400 g/mol. The summed E-state index contributed by atoms with van der Waals surface area (Å²) in [6, 6.07) is 0. The Balaban J connectivity index is 2.09. The van der Waals surface area contributed by atoms with Crippen molar-refractivity contribution < 1.29 is 8.42 Å². The summed E-state index contributed by atoms with van der Waals surface area (Å²) in [5.41, 5.74) is 0. The molecule has 11 heteroatoms. The predicted molar refractivity (Wildman–Crippen MR) is 78.7 cm³/mol. The van der Waals surface area contributed by atoms with Crippen LogP contribution in [0.4, 0.5) is 5.13 Å². The van der Waals surface area contributed by atoms with Crippen LogP contribution in [0, 0.1) is 0 Å². The van der Waals surface area contributed by atoms with E-state index in [4.69, 9.17) is 11.6 Å². The van der Waals surface area contributed by atoms with Crippen molar-refractivity contribution in [2.45, 2.75) is 5.03 Å². The maximum atomic E-state index is 12.3. The van der Waals surface area contributed by atoms with E-state index in [1.165, 1.54) is 33.3 Å². The Morgan fingerprint density at radius 3 is 2.95 bits per heavy atom. The van der Waals surface area contributed by atoms with Crippen LogP contribution in [0.25, 0.3) is 4.96 Å². The summed E-state index contributed by atoms with van der Waals surface area (Å²) in [5, 5.41) is 1.84. The first-order chi connectivity index (χ1) is 8.97. The quantitative estimate of drug-likeness (QED) is 0.734. The van der Waals surface area contributed by atoms with Crippen LogP contribution in [0.3, 0.4) is 0 Å². The van der Waals surface area contributed by atoms with Crippen molar-refractivity contribution in [3.8, 4) is 0 Å². The third kappa shape index (κ3) is 2.38. The van der Waals surface area contributed by atoms with Crippen LogP contribution in [-0.4, -0.2) is 22.8 Å². The van der Waals surface area contributed by atoms with Crippen LogP contribution in [0.2, 0.25) is 5.15 Å². The molecule has 0 aliphatic rings. The highest BCUT2D eigenvalue weighted by molar-refractivity contribution is 9.11. The molecule has 0 unspecified atom stereocenters. The minimum atomic E-state index is -3.83. The Labute approximate surface area is 129 Å². The lowest BCUT2D eigenvalue weighted by Crippen LogP contribution is -2.15. The Hall–Kier alpha value is -0.680. The van der Waals surface area contributed by atoms with Gasteiger partial charge in [-0.25, -0.2) is 9.97 Å². The highest BCUT2D eigenvalue weighted by Gasteiger charge is 2.26. The lowest BCUT2D eigenvalue weighted by Gasteiger charge is -2.03. The van der Waals surface area contributed by atoms with E-state index in [0.29, 0.717) is 4.96 Å². The van der Waals surface area contributed by atoms with Crippen LogP contribution < -0.4 is 4.72 Å². The molecule has 3 aromatic rings. The normalized spacial score (nSPS) is 12.1. The second-order valence-corrected chi connectivity index (χ2v) is 8.58. The zero-order chi connectivity index (χ0) is 13.6. The van der Waals surface area contributed by atoms with Crippen molar-refractivity contribution in [2.75, 3.05) is 4.72 Å². The molecule has 0 saturated carbocycles. The van der Waals surface area contributed by atoms with Gasteiger partial charge in [0.2, 0.25) is 0 Å². The van der Waals surface area contributed by atoms with Crippen molar-refractivity contribution in [3.63, 3.8) is 0 Å². The van der Waals surface area contributed by atoms with E-state index in [9.17, 15) is 8.42 Å². The fraction of sp³-hybridized carbons (Fsp3) is 0. The monoisotopic (exact) mass is 398 g/mol. The fourth-order valence-corrected chi connectivity index (χ4v) is 5.25. The van der Waals surface area contributed by atoms with Gasteiger partial charge in [0.25, 0.3) is 10.0 Å². The van der Waals surface area contributed by atoms with Gasteiger partial charge in [-0.15, -0.1) is 11.3 Å². The molecule has 0 spiro atoms. The molecule has 100 valence electrons. The largest absolute Gasteiger partial charge is 0.282 e. The number of sulfonamides is 1. The fourth-order valence-electron chi connectivity index (χ4n) is 1.44. The first-order valence-corrected chi connectivity index (χ1v) is 9.07. The summed E-state index contributed by atoms with van der Waals surface area (Å²) in [7, 11) is -3.83. The minimum Gasteiger partial charge on any atom is -0.278 e. The molecule has 19 heavy (non-hydrogen) atoms. The van der Waals surface area contributed by atoms with Crippen molar-refractivity contribution in [1.29, 1.82) is 0 Å². The lowest BCUT2D eigenvalue weighted by atomic mass is 10.9. The Morgan fingerprint density at radius 1 is 1.47 bits per heavy atom. The molecule has 1 N–H and O–H groups in total. The van der Waals surface area contributed by atoms with Gasteiger partial charge in [-0.3, -0.25) is 9.12 Å². The summed E-state index contributed by atoms with van der Waals surface area (Å²) >= 11 is 11.6. The van der Waals surface area contributed by atoms with Gasteiger partial charge in [0.1, 0.15) is 0 Å². The van der Waals surface area contributed by atoms with Gasteiger partial charge in [-0.05, 0) is 15.9 Å². The number of nitrogens with zero attached hydrogens (tertiary/aromatic N) is 3. The maximum Gasteiger partial charge on any atom is 0.282 e. The number of imidazole rings is 1. The van der Waals surface area contributed by atoms with Gasteiger partial charge in [-0.2, -0.15) is 8.42 Å². The molecule has 6 nitrogen and oxygen atoms in total. The zero-order valence-electron chi connectivity index (χ0n) is 8.87. The van der Waals surface area contributed by atoms with Crippen LogP contribution in [0.1, 0.15) is 0 Å². The molecular formula is C8H4BrClN4O2S3. The summed E-state index contributed by atoms with van der Waals surface area (Å²) < 4.78 is 29.1. The summed E-state index contributed by atoms with van der Waals surface area (Å²) in [6.07, 6.45) is 3.12. The molecule has 0 fully saturated rings. The highest BCUT2D eigenvalue weighted by atomic mass is 79.9. The first-order valence-electron chi connectivity index (χ1n) is 4.72. The number of hydrogen-bond acceptors (Lipinski definition) is 6. The van der Waals surface area contributed by atoms with Crippen molar-refractivity contribution >= 4 is 70.3 Å². The van der Waals surface area contributed by atoms with Crippen molar-refractivity contribution in [1.82, 2.24) is 14.4 Å². The van der Waals surface area contributed by atoms with Crippen molar-refractivity contribution in [2.24, 2.45) is 0 Å². The molecule has 3 rings (SSSR count). The Kier molecular flexibility index (Phi) is 3.29.